The molecular formula is C21H32FN5O3S. The van der Waals surface area contributed by atoms with Gasteiger partial charge in [0.25, 0.3) is 10.0 Å². The normalized spacial score (nSPS) is 12.1. The van der Waals surface area contributed by atoms with Gasteiger partial charge in [0.2, 0.25) is 0 Å². The number of carbonyl (C=O) groups excluding carboxylic acids is 1. The van der Waals surface area contributed by atoms with E-state index in [1.807, 2.05) is 58.3 Å². The van der Waals surface area contributed by atoms with Crippen LogP contribution in [0.3, 0.4) is 0 Å². The molecule has 0 fully saturated rings. The molecule has 0 aliphatic rings. The zero-order chi connectivity index (χ0) is 23.5. The average Bonchev–Trinajstić information content (AvgIpc) is 3.05. The number of aromatic nitrogens is 2. The Morgan fingerprint density at radius 3 is 2.13 bits per heavy atom. The van der Waals surface area contributed by atoms with E-state index in [1.165, 1.54) is 18.2 Å². The van der Waals surface area contributed by atoms with Gasteiger partial charge in [-0.15, -0.1) is 0 Å². The molecule has 0 radical (unpaired) electrons. The molecule has 0 atom stereocenters. The molecule has 2 aromatic rings. The molecule has 2 rings (SSSR count). The summed E-state index contributed by atoms with van der Waals surface area (Å²) in [5.74, 6) is -0.549. The smallest absolute Gasteiger partial charge is 0.307 e. The van der Waals surface area contributed by atoms with Gasteiger partial charge in [0, 0.05) is 24.8 Å². The molecule has 0 spiro atoms. The van der Waals surface area contributed by atoms with Crippen molar-refractivity contribution < 1.29 is 17.6 Å². The highest BCUT2D eigenvalue weighted by atomic mass is 32.2. The van der Waals surface area contributed by atoms with Gasteiger partial charge in [0.1, 0.15) is 5.82 Å². The lowest BCUT2D eigenvalue weighted by Crippen LogP contribution is -2.35. The van der Waals surface area contributed by atoms with Crippen molar-refractivity contribution in [3.8, 4) is 0 Å². The molecule has 0 bridgehead atoms. The molecule has 0 unspecified atom stereocenters. The second-order valence-corrected chi connectivity index (χ2v) is 9.99. The lowest BCUT2D eigenvalue weighted by Gasteiger charge is -2.20. The Morgan fingerprint density at radius 1 is 1.13 bits per heavy atom. The summed E-state index contributed by atoms with van der Waals surface area (Å²) in [5.41, 5.74) is 2.34. The average molecular weight is 454 g/mol. The summed E-state index contributed by atoms with van der Waals surface area (Å²) < 4.78 is 43.2. The van der Waals surface area contributed by atoms with Crippen LogP contribution in [0.4, 0.5) is 14.9 Å². The molecule has 8 nitrogen and oxygen atoms in total. The second kappa shape index (κ2) is 9.78. The summed E-state index contributed by atoms with van der Waals surface area (Å²) >= 11 is 0. The van der Waals surface area contributed by atoms with Gasteiger partial charge in [0.05, 0.1) is 5.69 Å². The van der Waals surface area contributed by atoms with Crippen molar-refractivity contribution in [3.63, 3.8) is 0 Å². The summed E-state index contributed by atoms with van der Waals surface area (Å²) in [5, 5.41) is 6.52. The Balaban J connectivity index is 2.33. The Morgan fingerprint density at radius 2 is 1.68 bits per heavy atom. The highest BCUT2D eigenvalue weighted by Gasteiger charge is 2.25. The van der Waals surface area contributed by atoms with E-state index in [4.69, 9.17) is 0 Å². The number of hydrogen-bond acceptors (Lipinski definition) is 5. The molecule has 1 aromatic carbocycles. The van der Waals surface area contributed by atoms with Crippen molar-refractivity contribution in [3.05, 3.63) is 40.8 Å². The maximum absolute atomic E-state index is 14.1. The summed E-state index contributed by atoms with van der Waals surface area (Å²) in [7, 11) is -0.450. The fourth-order valence-corrected chi connectivity index (χ4v) is 4.20. The summed E-state index contributed by atoms with van der Waals surface area (Å²) in [4.78, 5) is 14.5. The predicted octanol–water partition coefficient (Wildman–Crippen LogP) is 3.86. The highest BCUT2D eigenvalue weighted by Crippen LogP contribution is 2.33. The topological polar surface area (TPSA) is 96.3 Å². The fraction of sp³-hybridized carbons (Fsp3) is 0.524. The van der Waals surface area contributed by atoms with Crippen LogP contribution in [0.5, 0.6) is 0 Å². The quantitative estimate of drug-likeness (QED) is 0.633. The van der Waals surface area contributed by atoms with Crippen LogP contribution in [0, 0.1) is 5.82 Å². The summed E-state index contributed by atoms with van der Waals surface area (Å²) in [6.07, 6.45) is 0. The number of hydrogen-bond donors (Lipinski definition) is 2. The van der Waals surface area contributed by atoms with Crippen molar-refractivity contribution in [2.45, 2.75) is 64.6 Å². The van der Waals surface area contributed by atoms with Crippen molar-refractivity contribution >= 4 is 21.7 Å². The molecular weight excluding hydrogens is 421 g/mol. The first-order chi connectivity index (χ1) is 14.4. The Hall–Kier alpha value is -2.46. The van der Waals surface area contributed by atoms with E-state index >= 15 is 0 Å². The number of amides is 2. The number of rotatable bonds is 8. The molecule has 2 amide bonds. The van der Waals surface area contributed by atoms with E-state index < -0.39 is 21.9 Å². The zero-order valence-electron chi connectivity index (χ0n) is 19.2. The van der Waals surface area contributed by atoms with Gasteiger partial charge in [-0.1, -0.05) is 27.7 Å². The highest BCUT2D eigenvalue weighted by molar-refractivity contribution is 7.90. The predicted molar refractivity (Wildman–Crippen MR) is 119 cm³/mol. The van der Waals surface area contributed by atoms with E-state index in [0.717, 1.165) is 5.69 Å². The van der Waals surface area contributed by atoms with Crippen LogP contribution in [0.2, 0.25) is 0 Å². The molecule has 172 valence electrons. The van der Waals surface area contributed by atoms with Crippen LogP contribution >= 0.6 is 0 Å². The number of nitrogens with one attached hydrogen (secondary N) is 2. The zero-order valence-corrected chi connectivity index (χ0v) is 20.0. The minimum atomic E-state index is -4.19. The van der Waals surface area contributed by atoms with Gasteiger partial charge >= 0.3 is 6.03 Å². The number of sulfonamides is 1. The monoisotopic (exact) mass is 453 g/mol. The van der Waals surface area contributed by atoms with Gasteiger partial charge in [-0.25, -0.2) is 13.9 Å². The maximum Gasteiger partial charge on any atom is 0.333 e. The Bertz CT molecular complexity index is 1020. The van der Waals surface area contributed by atoms with Gasteiger partial charge in [-0.3, -0.25) is 4.68 Å². The van der Waals surface area contributed by atoms with E-state index in [-0.39, 0.29) is 16.9 Å². The second-order valence-electron chi connectivity index (χ2n) is 8.36. The van der Waals surface area contributed by atoms with E-state index in [0.29, 0.717) is 29.9 Å². The van der Waals surface area contributed by atoms with Crippen molar-refractivity contribution in [2.75, 3.05) is 19.4 Å². The first kappa shape index (κ1) is 24.8. The molecule has 0 saturated heterocycles. The molecule has 0 aliphatic carbocycles. The van der Waals surface area contributed by atoms with Crippen LogP contribution < -0.4 is 10.0 Å². The number of anilines is 1. The maximum atomic E-state index is 14.1. The van der Waals surface area contributed by atoms with Crippen LogP contribution in [-0.2, 0) is 23.1 Å². The third-order valence-electron chi connectivity index (χ3n) is 4.77. The molecule has 2 N–H and O–H groups in total. The SMILES string of the molecule is CCn1nc(S(=O)(=O)NC(=O)Nc2c(C(C)C)cc(F)cc2C(C)C)cc1CN(C)C. The number of nitrogens with zero attached hydrogens (tertiary/aromatic N) is 3. The minimum Gasteiger partial charge on any atom is -0.307 e. The van der Waals surface area contributed by atoms with Gasteiger partial charge in [-0.05, 0) is 56.1 Å². The number of carbonyl (C=O) groups is 1. The third kappa shape index (κ3) is 6.04. The van der Waals surface area contributed by atoms with E-state index in [1.54, 1.807) is 4.68 Å². The molecule has 1 aromatic heterocycles. The van der Waals surface area contributed by atoms with Crippen LogP contribution in [-0.4, -0.2) is 43.2 Å². The van der Waals surface area contributed by atoms with Gasteiger partial charge in [0.15, 0.2) is 5.03 Å². The minimum absolute atomic E-state index is 0.0750. The van der Waals surface area contributed by atoms with Crippen molar-refractivity contribution in [1.29, 1.82) is 0 Å². The fourth-order valence-electron chi connectivity index (χ4n) is 3.30. The Labute approximate surface area is 183 Å². The van der Waals surface area contributed by atoms with Crippen LogP contribution in [0.1, 0.15) is 63.3 Å². The summed E-state index contributed by atoms with van der Waals surface area (Å²) in [6, 6.07) is 3.25. The van der Waals surface area contributed by atoms with E-state index in [2.05, 4.69) is 10.4 Å². The standard InChI is InChI=1S/C21H32FN5O3S/c1-8-27-16(12-26(6)7)11-19(24-27)31(29,30)25-21(28)23-20-17(13(2)3)9-15(22)10-18(20)14(4)5/h9-11,13-14H,8,12H2,1-7H3,(H2,23,25,28). The van der Waals surface area contributed by atoms with Crippen LogP contribution in [0.15, 0.2) is 23.2 Å². The number of urea groups is 1. The van der Waals surface area contributed by atoms with Crippen molar-refractivity contribution in [1.82, 2.24) is 19.4 Å². The van der Waals surface area contributed by atoms with Crippen molar-refractivity contribution in [2.24, 2.45) is 0 Å². The van der Waals surface area contributed by atoms with Gasteiger partial charge in [-0.2, -0.15) is 13.5 Å². The molecule has 10 heteroatoms. The van der Waals surface area contributed by atoms with Gasteiger partial charge < -0.3 is 10.2 Å². The van der Waals surface area contributed by atoms with E-state index in [9.17, 15) is 17.6 Å². The number of benzene rings is 1. The molecule has 0 aliphatic heterocycles. The summed E-state index contributed by atoms with van der Waals surface area (Å²) in [6.45, 7) is 10.4. The molecule has 31 heavy (non-hydrogen) atoms. The first-order valence-corrected chi connectivity index (χ1v) is 11.7. The number of halogens is 1. The molecule has 1 heterocycles. The first-order valence-electron chi connectivity index (χ1n) is 10.2. The van der Waals surface area contributed by atoms with Crippen LogP contribution in [0.25, 0.3) is 0 Å². The third-order valence-corrected chi connectivity index (χ3v) is 5.97. The largest absolute Gasteiger partial charge is 0.333 e. The Kier molecular flexibility index (Phi) is 7.82. The number of aryl methyl sites for hydroxylation is 1. The lowest BCUT2D eigenvalue weighted by molar-refractivity contribution is 0.256. The lowest BCUT2D eigenvalue weighted by atomic mass is 9.92. The molecule has 0 saturated carbocycles.